The molecule has 3 aromatic carbocycles. The maximum Gasteiger partial charge on any atom is 0.256 e. The maximum absolute atomic E-state index is 13.3. The molecule has 212 valence electrons. The van der Waals surface area contributed by atoms with Gasteiger partial charge in [-0.05, 0) is 48.2 Å². The zero-order chi connectivity index (χ0) is 28.8. The number of hydrogen-bond acceptors (Lipinski definition) is 5. The van der Waals surface area contributed by atoms with E-state index in [9.17, 15) is 9.59 Å². The Labute approximate surface area is 249 Å². The van der Waals surface area contributed by atoms with E-state index in [2.05, 4.69) is 21.1 Å². The molecule has 0 saturated heterocycles. The molecule has 0 atom stereocenters. The van der Waals surface area contributed by atoms with Gasteiger partial charge in [0, 0.05) is 37.0 Å². The van der Waals surface area contributed by atoms with Gasteiger partial charge in [-0.2, -0.15) is 0 Å². The molecule has 1 saturated carbocycles. The Kier molecular flexibility index (Phi) is 8.93. The average Bonchev–Trinajstić information content (AvgIpc) is 3.79. The second-order valence-electron chi connectivity index (χ2n) is 10.0. The summed E-state index contributed by atoms with van der Waals surface area (Å²) in [5, 5.41) is 8.61. The van der Waals surface area contributed by atoms with Gasteiger partial charge < -0.3 is 15.4 Å². The van der Waals surface area contributed by atoms with Crippen LogP contribution in [-0.4, -0.2) is 43.0 Å². The van der Waals surface area contributed by atoms with Gasteiger partial charge >= 0.3 is 0 Å². The Hall–Kier alpha value is -3.85. The number of carbonyl (C=O) groups is 2. The van der Waals surface area contributed by atoms with Crippen molar-refractivity contribution in [2.45, 2.75) is 31.2 Å². The maximum atomic E-state index is 13.3. The highest BCUT2D eigenvalue weighted by molar-refractivity contribution is 6.34. The number of guanidine groups is 1. The first-order valence-electron chi connectivity index (χ1n) is 13.4. The lowest BCUT2D eigenvalue weighted by molar-refractivity contribution is -0.128. The molecule has 0 radical (unpaired) electrons. The van der Waals surface area contributed by atoms with E-state index in [-0.39, 0.29) is 35.8 Å². The summed E-state index contributed by atoms with van der Waals surface area (Å²) in [5.74, 6) is 0.218. The molecule has 1 aliphatic carbocycles. The van der Waals surface area contributed by atoms with Gasteiger partial charge in [0.1, 0.15) is 12.4 Å². The summed E-state index contributed by atoms with van der Waals surface area (Å²) < 4.78 is 6.08. The summed E-state index contributed by atoms with van der Waals surface area (Å²) in [6.45, 7) is 1.02. The van der Waals surface area contributed by atoms with Crippen LogP contribution in [0.4, 0.5) is 0 Å². The molecule has 2 amide bonds. The number of carbonyl (C=O) groups excluding carboxylic acids is 2. The Morgan fingerprint density at radius 1 is 1.05 bits per heavy atom. The van der Waals surface area contributed by atoms with Crippen LogP contribution in [0.15, 0.2) is 89.6 Å². The van der Waals surface area contributed by atoms with Gasteiger partial charge in [0.05, 0.1) is 16.3 Å². The first-order chi connectivity index (χ1) is 19.9. The van der Waals surface area contributed by atoms with E-state index in [4.69, 9.17) is 27.9 Å². The van der Waals surface area contributed by atoms with E-state index < -0.39 is 0 Å². The van der Waals surface area contributed by atoms with Crippen LogP contribution in [-0.2, 0) is 16.8 Å². The van der Waals surface area contributed by atoms with Gasteiger partial charge in [0.15, 0.2) is 0 Å². The summed E-state index contributed by atoms with van der Waals surface area (Å²) in [6.07, 6.45) is 3.86. The fourth-order valence-corrected chi connectivity index (χ4v) is 5.09. The molecule has 8 nitrogen and oxygen atoms in total. The first-order valence-corrected chi connectivity index (χ1v) is 14.1. The van der Waals surface area contributed by atoms with Crippen molar-refractivity contribution in [2.24, 2.45) is 4.99 Å². The lowest BCUT2D eigenvalue weighted by Gasteiger charge is -2.24. The number of halogens is 2. The average molecular weight is 593 g/mol. The molecule has 5 rings (SSSR count). The Morgan fingerprint density at radius 2 is 1.80 bits per heavy atom. The second-order valence-corrected chi connectivity index (χ2v) is 10.9. The molecule has 0 aromatic heterocycles. The lowest BCUT2D eigenvalue weighted by Crippen LogP contribution is -2.51. The highest BCUT2D eigenvalue weighted by Gasteiger charge is 2.44. The summed E-state index contributed by atoms with van der Waals surface area (Å²) in [7, 11) is 1.60. The number of nitrogens with one attached hydrogen (secondary N) is 3. The van der Waals surface area contributed by atoms with Gasteiger partial charge in [0.2, 0.25) is 11.9 Å². The van der Waals surface area contributed by atoms with Crippen molar-refractivity contribution in [3.8, 4) is 5.75 Å². The van der Waals surface area contributed by atoms with E-state index in [1.165, 1.54) is 5.01 Å². The number of rotatable bonds is 10. The monoisotopic (exact) mass is 591 g/mol. The second kappa shape index (κ2) is 12.8. The summed E-state index contributed by atoms with van der Waals surface area (Å²) in [6, 6.07) is 22.6. The molecule has 41 heavy (non-hydrogen) atoms. The fourth-order valence-electron chi connectivity index (χ4n) is 4.71. The van der Waals surface area contributed by atoms with E-state index in [0.717, 1.165) is 24.0 Å². The van der Waals surface area contributed by atoms with Crippen LogP contribution in [0.5, 0.6) is 5.75 Å². The molecule has 2 aliphatic rings. The van der Waals surface area contributed by atoms with Crippen molar-refractivity contribution in [3.63, 3.8) is 0 Å². The zero-order valence-corrected chi connectivity index (χ0v) is 24.1. The summed E-state index contributed by atoms with van der Waals surface area (Å²) in [5.41, 5.74) is 6.13. The largest absolute Gasteiger partial charge is 0.487 e. The normalized spacial score (nSPS) is 17.0. The van der Waals surface area contributed by atoms with Crippen molar-refractivity contribution in [1.29, 1.82) is 0 Å². The quantitative estimate of drug-likeness (QED) is 0.300. The highest BCUT2D eigenvalue weighted by Crippen LogP contribution is 2.48. The Morgan fingerprint density at radius 3 is 2.51 bits per heavy atom. The number of nitrogens with zero attached hydrogens (tertiary/aromatic N) is 2. The van der Waals surface area contributed by atoms with Gasteiger partial charge in [-0.15, -0.1) is 0 Å². The predicted molar refractivity (Wildman–Crippen MR) is 161 cm³/mol. The first kappa shape index (κ1) is 28.7. The van der Waals surface area contributed by atoms with Crippen LogP contribution < -0.4 is 20.8 Å². The number of amides is 2. The van der Waals surface area contributed by atoms with Gasteiger partial charge in [0.25, 0.3) is 5.91 Å². The fraction of sp³-hybridized carbons (Fsp3) is 0.258. The van der Waals surface area contributed by atoms with E-state index in [1.807, 2.05) is 54.6 Å². The third-order valence-corrected chi connectivity index (χ3v) is 7.80. The van der Waals surface area contributed by atoms with E-state index in [1.54, 1.807) is 31.3 Å². The van der Waals surface area contributed by atoms with Crippen LogP contribution in [0.2, 0.25) is 10.0 Å². The van der Waals surface area contributed by atoms with Crippen LogP contribution in [0, 0.1) is 0 Å². The molecule has 3 aromatic rings. The van der Waals surface area contributed by atoms with Crippen molar-refractivity contribution in [3.05, 3.63) is 111 Å². The van der Waals surface area contributed by atoms with Crippen LogP contribution in [0.3, 0.4) is 0 Å². The summed E-state index contributed by atoms with van der Waals surface area (Å²) in [4.78, 5) is 30.4. The molecule has 1 fully saturated rings. The zero-order valence-electron chi connectivity index (χ0n) is 22.6. The van der Waals surface area contributed by atoms with Crippen LogP contribution >= 0.6 is 23.2 Å². The third-order valence-electron chi connectivity index (χ3n) is 7.24. The van der Waals surface area contributed by atoms with Gasteiger partial charge in [-0.1, -0.05) is 77.8 Å². The lowest BCUT2D eigenvalue weighted by atomic mass is 9.96. The van der Waals surface area contributed by atoms with Crippen LogP contribution in [0.1, 0.15) is 40.7 Å². The molecule has 3 N–H and O–H groups in total. The standard InChI is InChI=1S/C31H31Cl2N5O3/c1-34-30-37-24(14-15-27(39)38(30)36-18-21-6-3-2-4-7-21)19-41-26-9-5-8-25(33)28(26)29(40)35-20-31(16-17-31)22-10-12-23(32)13-11-22/h2-14,36H,15-20H2,1H3,(H,34,37)(H,35,40). The van der Waals surface area contributed by atoms with E-state index in [0.29, 0.717) is 40.5 Å². The molecular weight excluding hydrogens is 561 g/mol. The Balaban J connectivity index is 1.22. The molecule has 0 bridgehead atoms. The topological polar surface area (TPSA) is 95.1 Å². The number of benzene rings is 3. The molecule has 1 heterocycles. The minimum Gasteiger partial charge on any atom is -0.487 e. The number of aliphatic imine (C=N–C) groups is 1. The van der Waals surface area contributed by atoms with Gasteiger partial charge in [-0.25, -0.2) is 10.4 Å². The van der Waals surface area contributed by atoms with Crippen molar-refractivity contribution >= 4 is 41.0 Å². The predicted octanol–water partition coefficient (Wildman–Crippen LogP) is 5.23. The van der Waals surface area contributed by atoms with Crippen molar-refractivity contribution in [2.75, 3.05) is 20.2 Å². The molecule has 1 aliphatic heterocycles. The number of hydrogen-bond donors (Lipinski definition) is 3. The summed E-state index contributed by atoms with van der Waals surface area (Å²) >= 11 is 12.5. The Bertz CT molecular complexity index is 1470. The smallest absolute Gasteiger partial charge is 0.256 e. The third kappa shape index (κ3) is 6.90. The number of ether oxygens (including phenoxy) is 1. The molecular formula is C31H31Cl2N5O3. The van der Waals surface area contributed by atoms with Crippen molar-refractivity contribution < 1.29 is 14.3 Å². The van der Waals surface area contributed by atoms with Crippen molar-refractivity contribution in [1.82, 2.24) is 21.1 Å². The van der Waals surface area contributed by atoms with Gasteiger partial charge in [-0.3, -0.25) is 14.6 Å². The minimum absolute atomic E-state index is 0.0775. The molecule has 0 unspecified atom stereocenters. The molecule has 10 heteroatoms. The minimum atomic E-state index is -0.309. The van der Waals surface area contributed by atoms with Crippen LogP contribution in [0.25, 0.3) is 0 Å². The number of hydrazine groups is 1. The molecule has 0 spiro atoms. The van der Waals surface area contributed by atoms with E-state index >= 15 is 0 Å². The SMILES string of the molecule is CN=C1NC(COc2cccc(Cl)c2C(=O)NCC2(c3ccc(Cl)cc3)CC2)=CCC(=O)N1NCc1ccccc1. The highest BCUT2D eigenvalue weighted by atomic mass is 35.5.